The van der Waals surface area contributed by atoms with Crippen molar-refractivity contribution in [1.29, 1.82) is 0 Å². The van der Waals surface area contributed by atoms with Crippen molar-refractivity contribution >= 4 is 22.0 Å². The molecule has 0 saturated heterocycles. The van der Waals surface area contributed by atoms with Crippen LogP contribution in [0.3, 0.4) is 0 Å². The number of nitrogens with zero attached hydrogens (tertiary/aromatic N) is 1. The molecule has 2 aromatic rings. The maximum atomic E-state index is 12.6. The van der Waals surface area contributed by atoms with Gasteiger partial charge in [0, 0.05) is 11.6 Å². The fourth-order valence-electron chi connectivity index (χ4n) is 2.15. The summed E-state index contributed by atoms with van der Waals surface area (Å²) in [7, 11) is 1.58. The third-order valence-electron chi connectivity index (χ3n) is 3.83. The van der Waals surface area contributed by atoms with Gasteiger partial charge in [-0.2, -0.15) is 0 Å². The van der Waals surface area contributed by atoms with E-state index >= 15 is 0 Å². The normalized spacial score (nSPS) is 11.2. The van der Waals surface area contributed by atoms with Gasteiger partial charge in [0.05, 0.1) is 6.54 Å². The van der Waals surface area contributed by atoms with E-state index in [0.29, 0.717) is 6.54 Å². The lowest BCUT2D eigenvalue weighted by Crippen LogP contribution is -2.48. The molecule has 0 spiro atoms. The number of rotatable bonds is 6. The molecule has 0 aromatic heterocycles. The largest absolute Gasteiger partial charge is 0.444 e. The zero-order chi connectivity index (χ0) is 17.6. The molecule has 0 radical (unpaired) electrons. The molecule has 128 valence electrons. The number of halogens is 1. The Morgan fingerprint density at radius 2 is 1.67 bits per heavy atom. The maximum Gasteiger partial charge on any atom is 0.412 e. The number of amides is 1. The lowest BCUT2D eigenvalue weighted by Gasteiger charge is -2.36. The first-order valence-electron chi connectivity index (χ1n) is 7.70. The fourth-order valence-corrected chi connectivity index (χ4v) is 2.42. The van der Waals surface area contributed by atoms with Crippen LogP contribution in [0.15, 0.2) is 59.1 Å². The van der Waals surface area contributed by atoms with Crippen LogP contribution in [0, 0.1) is 0 Å². The van der Waals surface area contributed by atoms with Crippen molar-refractivity contribution < 1.29 is 14.3 Å². The highest BCUT2D eigenvalue weighted by molar-refractivity contribution is 9.10. The van der Waals surface area contributed by atoms with Crippen molar-refractivity contribution in [3.8, 4) is 0 Å². The number of ether oxygens (including phenoxy) is 2. The highest BCUT2D eigenvalue weighted by Crippen LogP contribution is 2.21. The predicted molar refractivity (Wildman–Crippen MR) is 97.4 cm³/mol. The highest BCUT2D eigenvalue weighted by Gasteiger charge is 2.32. The Hall–Kier alpha value is -1.85. The van der Waals surface area contributed by atoms with Crippen molar-refractivity contribution in [2.24, 2.45) is 0 Å². The molecule has 0 atom stereocenters. The van der Waals surface area contributed by atoms with E-state index < -0.39 is 11.8 Å². The number of benzene rings is 2. The van der Waals surface area contributed by atoms with Crippen LogP contribution in [0.5, 0.6) is 0 Å². The SMILES string of the molecule is COC(C)(C)N(Cc1ccc(Br)cc1)C(=O)OCc1ccccc1. The van der Waals surface area contributed by atoms with Crippen molar-refractivity contribution in [3.63, 3.8) is 0 Å². The first-order valence-corrected chi connectivity index (χ1v) is 8.49. The van der Waals surface area contributed by atoms with Crippen molar-refractivity contribution in [2.75, 3.05) is 7.11 Å². The van der Waals surface area contributed by atoms with E-state index in [0.717, 1.165) is 15.6 Å². The zero-order valence-electron chi connectivity index (χ0n) is 14.2. The standard InChI is InChI=1S/C19H22BrNO3/c1-19(2,23-3)21(13-15-9-11-17(20)12-10-15)18(22)24-14-16-7-5-4-6-8-16/h4-12H,13-14H2,1-3H3. The van der Waals surface area contributed by atoms with Gasteiger partial charge in [-0.15, -0.1) is 0 Å². The summed E-state index contributed by atoms with van der Waals surface area (Å²) in [5.74, 6) is 0. The Balaban J connectivity index is 2.10. The van der Waals surface area contributed by atoms with Crippen LogP contribution in [0.4, 0.5) is 4.79 Å². The lowest BCUT2D eigenvalue weighted by molar-refractivity contribution is -0.102. The third kappa shape index (κ3) is 5.08. The molecule has 24 heavy (non-hydrogen) atoms. The molecule has 1 amide bonds. The quantitative estimate of drug-likeness (QED) is 0.652. The topological polar surface area (TPSA) is 38.8 Å². The molecule has 2 aromatic carbocycles. The summed E-state index contributed by atoms with van der Waals surface area (Å²) in [5, 5.41) is 0. The first-order chi connectivity index (χ1) is 11.4. The van der Waals surface area contributed by atoms with Crippen LogP contribution >= 0.6 is 15.9 Å². The van der Waals surface area contributed by atoms with Gasteiger partial charge in [-0.1, -0.05) is 58.4 Å². The van der Waals surface area contributed by atoms with Crippen LogP contribution in [0.1, 0.15) is 25.0 Å². The molecule has 0 aliphatic rings. The van der Waals surface area contributed by atoms with E-state index in [-0.39, 0.29) is 6.61 Å². The Morgan fingerprint density at radius 3 is 2.25 bits per heavy atom. The smallest absolute Gasteiger partial charge is 0.412 e. The number of carbonyl (C=O) groups excluding carboxylic acids is 1. The highest BCUT2D eigenvalue weighted by atomic mass is 79.9. The zero-order valence-corrected chi connectivity index (χ0v) is 15.7. The summed E-state index contributed by atoms with van der Waals surface area (Å²) in [6.45, 7) is 4.32. The molecule has 0 fully saturated rings. The summed E-state index contributed by atoms with van der Waals surface area (Å²) in [5.41, 5.74) is 1.17. The second-order valence-electron chi connectivity index (χ2n) is 5.90. The van der Waals surface area contributed by atoms with E-state index in [4.69, 9.17) is 9.47 Å². The van der Waals surface area contributed by atoms with E-state index in [1.807, 2.05) is 68.4 Å². The van der Waals surface area contributed by atoms with Gasteiger partial charge in [0.1, 0.15) is 12.3 Å². The van der Waals surface area contributed by atoms with E-state index in [9.17, 15) is 4.79 Å². The van der Waals surface area contributed by atoms with Gasteiger partial charge in [-0.3, -0.25) is 4.90 Å². The molecule has 0 unspecified atom stereocenters. The van der Waals surface area contributed by atoms with Gasteiger partial charge in [-0.05, 0) is 37.1 Å². The maximum absolute atomic E-state index is 12.6. The van der Waals surface area contributed by atoms with Crippen LogP contribution < -0.4 is 0 Å². The number of methoxy groups -OCH3 is 1. The first kappa shape index (κ1) is 18.5. The third-order valence-corrected chi connectivity index (χ3v) is 4.36. The number of carbonyl (C=O) groups is 1. The minimum atomic E-state index is -0.777. The van der Waals surface area contributed by atoms with Gasteiger partial charge in [0.15, 0.2) is 0 Å². The fraction of sp³-hybridized carbons (Fsp3) is 0.316. The van der Waals surface area contributed by atoms with E-state index in [1.165, 1.54) is 0 Å². The second-order valence-corrected chi connectivity index (χ2v) is 6.82. The Morgan fingerprint density at radius 1 is 1.04 bits per heavy atom. The predicted octanol–water partition coefficient (Wildman–Crippen LogP) is 4.97. The monoisotopic (exact) mass is 391 g/mol. The van der Waals surface area contributed by atoms with E-state index in [2.05, 4.69) is 15.9 Å². The average molecular weight is 392 g/mol. The Labute approximate surface area is 151 Å². The molecule has 0 saturated carbocycles. The van der Waals surface area contributed by atoms with Gasteiger partial charge in [0.25, 0.3) is 0 Å². The summed E-state index contributed by atoms with van der Waals surface area (Å²) in [4.78, 5) is 14.2. The van der Waals surface area contributed by atoms with Crippen LogP contribution in [-0.2, 0) is 22.6 Å². The average Bonchev–Trinajstić information content (AvgIpc) is 2.60. The molecular weight excluding hydrogens is 370 g/mol. The second kappa shape index (κ2) is 8.31. The molecule has 4 nitrogen and oxygen atoms in total. The number of hydrogen-bond acceptors (Lipinski definition) is 3. The van der Waals surface area contributed by atoms with Crippen molar-refractivity contribution in [3.05, 3.63) is 70.2 Å². The molecular formula is C19H22BrNO3. The molecule has 0 bridgehead atoms. The van der Waals surface area contributed by atoms with Crippen molar-refractivity contribution in [2.45, 2.75) is 32.7 Å². The van der Waals surface area contributed by atoms with Crippen LogP contribution in [0.25, 0.3) is 0 Å². The summed E-state index contributed by atoms with van der Waals surface area (Å²) in [6.07, 6.45) is -0.409. The minimum absolute atomic E-state index is 0.232. The van der Waals surface area contributed by atoms with Crippen LogP contribution in [0.2, 0.25) is 0 Å². The Kier molecular flexibility index (Phi) is 6.40. The molecule has 2 rings (SSSR count). The minimum Gasteiger partial charge on any atom is -0.444 e. The molecule has 0 N–H and O–H groups in total. The molecule has 0 aliphatic heterocycles. The summed E-state index contributed by atoms with van der Waals surface area (Å²) >= 11 is 3.41. The summed E-state index contributed by atoms with van der Waals surface area (Å²) < 4.78 is 12.0. The van der Waals surface area contributed by atoms with Crippen LogP contribution in [-0.4, -0.2) is 23.8 Å². The van der Waals surface area contributed by atoms with Crippen molar-refractivity contribution in [1.82, 2.24) is 4.90 Å². The molecule has 0 heterocycles. The van der Waals surface area contributed by atoms with Gasteiger partial charge < -0.3 is 9.47 Å². The van der Waals surface area contributed by atoms with Gasteiger partial charge >= 0.3 is 6.09 Å². The molecule has 5 heteroatoms. The van der Waals surface area contributed by atoms with Gasteiger partial charge in [-0.25, -0.2) is 4.79 Å². The van der Waals surface area contributed by atoms with Gasteiger partial charge in [0.2, 0.25) is 0 Å². The lowest BCUT2D eigenvalue weighted by atomic mass is 10.1. The van der Waals surface area contributed by atoms with E-state index in [1.54, 1.807) is 12.0 Å². The summed E-state index contributed by atoms with van der Waals surface area (Å²) in [6, 6.07) is 17.4. The molecule has 0 aliphatic carbocycles. The number of hydrogen-bond donors (Lipinski definition) is 0. The Bertz CT molecular complexity index is 656.